The monoisotopic (exact) mass is 405 g/mol. The molecule has 4 heteroatoms. The zero-order chi connectivity index (χ0) is 21.4. The predicted molar refractivity (Wildman–Crippen MR) is 130 cm³/mol. The molecule has 4 nitrogen and oxygen atoms in total. The molecule has 5 rings (SSSR count). The van der Waals surface area contributed by atoms with Crippen molar-refractivity contribution in [2.45, 2.75) is 6.92 Å². The number of anilines is 3. The highest BCUT2D eigenvalue weighted by Gasteiger charge is 2.20. The quantitative estimate of drug-likeness (QED) is 0.304. The molecule has 0 radical (unpaired) electrons. The SMILES string of the molecule is Cc1ccc2nc3ccc(Nc4ccccc4)cc3[n+](-c3ccc(N(C)C)cc3)c2c1. The Morgan fingerprint density at radius 2 is 1.39 bits per heavy atom. The third kappa shape index (κ3) is 3.68. The van der Waals surface area contributed by atoms with Gasteiger partial charge in [0.25, 0.3) is 0 Å². The first-order chi connectivity index (χ1) is 15.1. The molecule has 0 fully saturated rings. The van der Waals surface area contributed by atoms with Crippen LogP contribution in [-0.4, -0.2) is 19.1 Å². The van der Waals surface area contributed by atoms with Crippen molar-refractivity contribution in [1.29, 1.82) is 0 Å². The summed E-state index contributed by atoms with van der Waals surface area (Å²) in [7, 11) is 4.12. The molecule has 0 saturated heterocycles. The summed E-state index contributed by atoms with van der Waals surface area (Å²) >= 11 is 0. The summed E-state index contributed by atoms with van der Waals surface area (Å²) in [6.45, 7) is 2.12. The minimum atomic E-state index is 0.964. The molecule has 0 amide bonds. The van der Waals surface area contributed by atoms with Crippen LogP contribution in [0.4, 0.5) is 17.1 Å². The van der Waals surface area contributed by atoms with Crippen molar-refractivity contribution < 1.29 is 4.57 Å². The lowest BCUT2D eigenvalue weighted by atomic mass is 10.1. The van der Waals surface area contributed by atoms with E-state index in [1.165, 1.54) is 11.3 Å². The van der Waals surface area contributed by atoms with Crippen LogP contribution in [0.3, 0.4) is 0 Å². The summed E-state index contributed by atoms with van der Waals surface area (Å²) in [5.41, 5.74) is 9.72. The number of fused-ring (bicyclic) bond motifs is 2. The number of aryl methyl sites for hydroxylation is 1. The smallest absolute Gasteiger partial charge is 0.239 e. The molecule has 0 spiro atoms. The Labute approximate surface area is 182 Å². The number of hydrogen-bond donors (Lipinski definition) is 1. The van der Waals surface area contributed by atoms with Gasteiger partial charge in [0.1, 0.15) is 11.0 Å². The molecule has 0 unspecified atom stereocenters. The molecule has 4 aromatic carbocycles. The van der Waals surface area contributed by atoms with E-state index in [9.17, 15) is 0 Å². The minimum absolute atomic E-state index is 0.964. The Hall–Kier alpha value is -3.92. The first kappa shape index (κ1) is 19.1. The summed E-state index contributed by atoms with van der Waals surface area (Å²) in [5, 5.41) is 3.51. The number of aromatic nitrogens is 2. The van der Waals surface area contributed by atoms with E-state index in [-0.39, 0.29) is 0 Å². The van der Waals surface area contributed by atoms with E-state index in [4.69, 9.17) is 4.98 Å². The Balaban J connectivity index is 1.75. The summed E-state index contributed by atoms with van der Waals surface area (Å²) in [4.78, 5) is 7.06. The lowest BCUT2D eigenvalue weighted by Gasteiger charge is -2.12. The normalized spacial score (nSPS) is 11.1. The largest absolute Gasteiger partial charge is 0.378 e. The van der Waals surface area contributed by atoms with Crippen molar-refractivity contribution in [3.8, 4) is 5.69 Å². The zero-order valence-corrected chi connectivity index (χ0v) is 18.0. The molecular formula is C27H25N4+. The molecule has 0 atom stereocenters. The van der Waals surface area contributed by atoms with Crippen LogP contribution in [0.15, 0.2) is 91.0 Å². The fraction of sp³-hybridized carbons (Fsp3) is 0.111. The summed E-state index contributed by atoms with van der Waals surface area (Å²) in [5.74, 6) is 0. The molecule has 0 saturated carbocycles. The third-order valence-electron chi connectivity index (χ3n) is 5.52. The van der Waals surface area contributed by atoms with E-state index in [1.807, 2.05) is 18.2 Å². The molecular weight excluding hydrogens is 380 g/mol. The fourth-order valence-corrected chi connectivity index (χ4v) is 3.91. The zero-order valence-electron chi connectivity index (χ0n) is 18.0. The molecule has 1 N–H and O–H groups in total. The van der Waals surface area contributed by atoms with Crippen LogP contribution >= 0.6 is 0 Å². The maximum atomic E-state index is 4.94. The van der Waals surface area contributed by atoms with Crippen molar-refractivity contribution in [2.24, 2.45) is 0 Å². The van der Waals surface area contributed by atoms with Gasteiger partial charge >= 0.3 is 0 Å². The second-order valence-electron chi connectivity index (χ2n) is 8.04. The molecule has 1 aromatic heterocycles. The Morgan fingerprint density at radius 3 is 2.10 bits per heavy atom. The number of para-hydroxylation sites is 1. The van der Waals surface area contributed by atoms with Crippen LogP contribution in [0.25, 0.3) is 27.8 Å². The van der Waals surface area contributed by atoms with E-state index in [0.29, 0.717) is 0 Å². The maximum Gasteiger partial charge on any atom is 0.239 e. The average Bonchev–Trinajstić information content (AvgIpc) is 2.78. The molecule has 152 valence electrons. The molecule has 0 aliphatic rings. The van der Waals surface area contributed by atoms with Gasteiger partial charge in [-0.05, 0) is 55.0 Å². The Morgan fingerprint density at radius 1 is 0.710 bits per heavy atom. The van der Waals surface area contributed by atoms with Gasteiger partial charge in [0.2, 0.25) is 16.7 Å². The van der Waals surface area contributed by atoms with Crippen LogP contribution in [0.5, 0.6) is 0 Å². The Kier molecular flexibility index (Phi) is 4.75. The van der Waals surface area contributed by atoms with Crippen LogP contribution in [0, 0.1) is 6.92 Å². The van der Waals surface area contributed by atoms with E-state index in [0.717, 1.165) is 39.1 Å². The van der Waals surface area contributed by atoms with Gasteiger partial charge in [-0.2, -0.15) is 0 Å². The molecule has 1 heterocycles. The fourth-order valence-electron chi connectivity index (χ4n) is 3.91. The van der Waals surface area contributed by atoms with Crippen molar-refractivity contribution in [1.82, 2.24) is 4.98 Å². The van der Waals surface area contributed by atoms with Crippen molar-refractivity contribution in [3.05, 3.63) is 96.6 Å². The number of nitrogens with zero attached hydrogens (tertiary/aromatic N) is 3. The van der Waals surface area contributed by atoms with Crippen molar-refractivity contribution in [3.63, 3.8) is 0 Å². The number of nitrogens with one attached hydrogen (secondary N) is 1. The van der Waals surface area contributed by atoms with E-state index in [2.05, 4.69) is 109 Å². The lowest BCUT2D eigenvalue weighted by Crippen LogP contribution is -2.33. The van der Waals surface area contributed by atoms with Gasteiger partial charge < -0.3 is 10.2 Å². The van der Waals surface area contributed by atoms with E-state index in [1.54, 1.807) is 0 Å². The van der Waals surface area contributed by atoms with Gasteiger partial charge in [0.15, 0.2) is 0 Å². The third-order valence-corrected chi connectivity index (χ3v) is 5.52. The van der Waals surface area contributed by atoms with Crippen LogP contribution < -0.4 is 14.8 Å². The molecule has 0 aliphatic heterocycles. The average molecular weight is 406 g/mol. The summed E-state index contributed by atoms with van der Waals surface area (Å²) < 4.78 is 2.31. The topological polar surface area (TPSA) is 32.0 Å². The van der Waals surface area contributed by atoms with Gasteiger partial charge in [-0.1, -0.05) is 24.3 Å². The number of rotatable bonds is 4. The van der Waals surface area contributed by atoms with Gasteiger partial charge in [0, 0.05) is 55.4 Å². The van der Waals surface area contributed by atoms with Gasteiger partial charge in [-0.25, -0.2) is 4.98 Å². The van der Waals surface area contributed by atoms with Gasteiger partial charge in [-0.15, -0.1) is 4.57 Å². The Bertz CT molecular complexity index is 1370. The summed E-state index contributed by atoms with van der Waals surface area (Å²) in [6.07, 6.45) is 0. The van der Waals surface area contributed by atoms with Gasteiger partial charge in [-0.3, -0.25) is 0 Å². The lowest BCUT2D eigenvalue weighted by molar-refractivity contribution is -0.538. The minimum Gasteiger partial charge on any atom is -0.378 e. The first-order valence-corrected chi connectivity index (χ1v) is 10.4. The molecule has 31 heavy (non-hydrogen) atoms. The van der Waals surface area contributed by atoms with Crippen LogP contribution in [0.1, 0.15) is 5.56 Å². The van der Waals surface area contributed by atoms with E-state index >= 15 is 0 Å². The number of benzene rings is 4. The summed E-state index contributed by atoms with van der Waals surface area (Å²) in [6, 6.07) is 31.7. The van der Waals surface area contributed by atoms with Crippen molar-refractivity contribution >= 4 is 39.1 Å². The highest BCUT2D eigenvalue weighted by Crippen LogP contribution is 2.24. The van der Waals surface area contributed by atoms with Crippen LogP contribution in [-0.2, 0) is 0 Å². The van der Waals surface area contributed by atoms with Crippen LogP contribution in [0.2, 0.25) is 0 Å². The second-order valence-corrected chi connectivity index (χ2v) is 8.04. The maximum absolute atomic E-state index is 4.94. The molecule has 5 aromatic rings. The van der Waals surface area contributed by atoms with E-state index < -0.39 is 0 Å². The molecule has 0 aliphatic carbocycles. The predicted octanol–water partition coefficient (Wildman–Crippen LogP) is 5.78. The first-order valence-electron chi connectivity index (χ1n) is 10.4. The number of hydrogen-bond acceptors (Lipinski definition) is 3. The van der Waals surface area contributed by atoms with Gasteiger partial charge in [0.05, 0.1) is 0 Å². The molecule has 0 bridgehead atoms. The second kappa shape index (κ2) is 7.73. The standard InChI is InChI=1S/C27H24N4/c1-19-9-15-24-26(17-19)31(23-13-11-22(12-14-23)30(2)3)27-18-21(10-16-25(27)29-24)28-20-7-5-4-6-8-20/h4-18H,1-3H3/p+1. The highest BCUT2D eigenvalue weighted by atomic mass is 15.1. The van der Waals surface area contributed by atoms with Crippen molar-refractivity contribution in [2.75, 3.05) is 24.3 Å². The highest BCUT2D eigenvalue weighted by molar-refractivity contribution is 5.85.